The summed E-state index contributed by atoms with van der Waals surface area (Å²) in [6.07, 6.45) is 6.58. The highest BCUT2D eigenvalue weighted by Crippen LogP contribution is 2.21. The molecule has 19 heavy (non-hydrogen) atoms. The second-order valence-electron chi connectivity index (χ2n) is 5.59. The van der Waals surface area contributed by atoms with Crippen LogP contribution in [0.5, 0.6) is 0 Å². The zero-order valence-corrected chi connectivity index (χ0v) is 12.4. The molecule has 1 aromatic rings. The van der Waals surface area contributed by atoms with Crippen molar-refractivity contribution < 1.29 is 4.74 Å². The molecule has 2 heterocycles. The van der Waals surface area contributed by atoms with Gasteiger partial charge in [-0.25, -0.2) is 0 Å². The molecule has 2 rings (SSSR count). The number of nitrogens with zero attached hydrogens (tertiary/aromatic N) is 2. The van der Waals surface area contributed by atoms with Gasteiger partial charge in [0.2, 0.25) is 0 Å². The predicted molar refractivity (Wildman–Crippen MR) is 77.3 cm³/mol. The van der Waals surface area contributed by atoms with E-state index in [0.29, 0.717) is 18.0 Å². The van der Waals surface area contributed by atoms with Crippen molar-refractivity contribution in [2.75, 3.05) is 20.3 Å². The van der Waals surface area contributed by atoms with Gasteiger partial charge in [-0.3, -0.25) is 4.68 Å². The Labute approximate surface area is 116 Å². The average Bonchev–Trinajstić information content (AvgIpc) is 2.93. The van der Waals surface area contributed by atoms with Gasteiger partial charge >= 0.3 is 0 Å². The molecule has 4 nitrogen and oxygen atoms in total. The molecule has 2 unspecified atom stereocenters. The number of hydrogen-bond donors (Lipinski definition) is 1. The first-order chi connectivity index (χ1) is 9.24. The van der Waals surface area contributed by atoms with Crippen LogP contribution in [-0.2, 0) is 11.2 Å². The van der Waals surface area contributed by atoms with Crippen LogP contribution in [0.25, 0.3) is 0 Å². The number of likely N-dealkylation sites (N-methyl/N-ethyl adjacent to an activating group) is 1. The van der Waals surface area contributed by atoms with E-state index < -0.39 is 0 Å². The summed E-state index contributed by atoms with van der Waals surface area (Å²) in [6, 6.07) is 3.17. The molecule has 1 aromatic heterocycles. The molecule has 0 aliphatic carbocycles. The smallest absolute Gasteiger partial charge is 0.0640 e. The quantitative estimate of drug-likeness (QED) is 0.858. The van der Waals surface area contributed by atoms with E-state index in [2.05, 4.69) is 43.2 Å². The first kappa shape index (κ1) is 14.5. The summed E-state index contributed by atoms with van der Waals surface area (Å²) >= 11 is 0. The minimum atomic E-state index is 0.491. The molecule has 0 radical (unpaired) electrons. The van der Waals surface area contributed by atoms with Crippen LogP contribution < -0.4 is 5.32 Å². The average molecular weight is 265 g/mol. The Morgan fingerprint density at radius 1 is 1.47 bits per heavy atom. The molecule has 2 atom stereocenters. The van der Waals surface area contributed by atoms with Gasteiger partial charge in [-0.15, -0.1) is 0 Å². The summed E-state index contributed by atoms with van der Waals surface area (Å²) < 4.78 is 7.54. The Hall–Kier alpha value is -0.870. The van der Waals surface area contributed by atoms with E-state index in [1.54, 1.807) is 0 Å². The van der Waals surface area contributed by atoms with E-state index in [1.807, 2.05) is 0 Å². The zero-order chi connectivity index (χ0) is 13.7. The summed E-state index contributed by atoms with van der Waals surface area (Å²) in [7, 11) is 2.06. The highest BCUT2D eigenvalue weighted by Gasteiger charge is 2.23. The largest absolute Gasteiger partial charge is 0.381 e. The van der Waals surface area contributed by atoms with E-state index in [1.165, 1.54) is 5.69 Å². The van der Waals surface area contributed by atoms with E-state index in [-0.39, 0.29) is 0 Å². The monoisotopic (exact) mass is 265 g/mol. The summed E-state index contributed by atoms with van der Waals surface area (Å²) in [5.74, 6) is 0.715. The molecule has 1 N–H and O–H groups in total. The van der Waals surface area contributed by atoms with Gasteiger partial charge in [0.1, 0.15) is 0 Å². The molecule has 1 saturated heterocycles. The fourth-order valence-corrected chi connectivity index (χ4v) is 2.77. The maximum absolute atomic E-state index is 5.45. The molecule has 0 aromatic carbocycles. The van der Waals surface area contributed by atoms with Crippen LogP contribution in [0.1, 0.15) is 44.8 Å². The molecule has 0 amide bonds. The van der Waals surface area contributed by atoms with Crippen LogP contribution >= 0.6 is 0 Å². The van der Waals surface area contributed by atoms with E-state index in [0.717, 1.165) is 38.9 Å². The number of ether oxygens (including phenoxy) is 1. The summed E-state index contributed by atoms with van der Waals surface area (Å²) in [5.41, 5.74) is 1.20. The molecule has 1 fully saturated rings. The zero-order valence-electron chi connectivity index (χ0n) is 12.4. The molecule has 1 aliphatic heterocycles. The van der Waals surface area contributed by atoms with Crippen molar-refractivity contribution in [3.05, 3.63) is 18.0 Å². The summed E-state index contributed by atoms with van der Waals surface area (Å²) in [5, 5.41) is 8.18. The molecular formula is C15H27N3O. The van der Waals surface area contributed by atoms with Gasteiger partial charge in [0.05, 0.1) is 5.69 Å². The van der Waals surface area contributed by atoms with Gasteiger partial charge in [0.25, 0.3) is 0 Å². The third kappa shape index (κ3) is 3.80. The standard InChI is InChI=1S/C15H27N3O/c1-4-12(2)18-8-5-14(17-18)11-15(16-3)13-6-9-19-10-7-13/h5,8,12-13,15-16H,4,6-7,9-11H2,1-3H3. The maximum Gasteiger partial charge on any atom is 0.0640 e. The maximum atomic E-state index is 5.45. The Morgan fingerprint density at radius 3 is 2.84 bits per heavy atom. The van der Waals surface area contributed by atoms with Crippen molar-refractivity contribution in [2.24, 2.45) is 5.92 Å². The van der Waals surface area contributed by atoms with Gasteiger partial charge in [0.15, 0.2) is 0 Å². The van der Waals surface area contributed by atoms with Crippen molar-refractivity contribution in [1.82, 2.24) is 15.1 Å². The first-order valence-electron chi connectivity index (χ1n) is 7.53. The molecule has 0 bridgehead atoms. The van der Waals surface area contributed by atoms with Crippen LogP contribution in [0.4, 0.5) is 0 Å². The third-order valence-electron chi connectivity index (χ3n) is 4.34. The Balaban J connectivity index is 1.95. The minimum Gasteiger partial charge on any atom is -0.381 e. The minimum absolute atomic E-state index is 0.491. The van der Waals surface area contributed by atoms with Crippen LogP contribution in [0.3, 0.4) is 0 Å². The number of aromatic nitrogens is 2. The van der Waals surface area contributed by atoms with E-state index in [4.69, 9.17) is 9.84 Å². The number of hydrogen-bond acceptors (Lipinski definition) is 3. The molecule has 1 aliphatic rings. The highest BCUT2D eigenvalue weighted by atomic mass is 16.5. The van der Waals surface area contributed by atoms with Gasteiger partial charge in [-0.05, 0) is 45.2 Å². The number of nitrogens with one attached hydrogen (secondary N) is 1. The molecular weight excluding hydrogens is 238 g/mol. The van der Waals surface area contributed by atoms with Crippen molar-refractivity contribution in [2.45, 2.75) is 51.6 Å². The van der Waals surface area contributed by atoms with Gasteiger partial charge in [-0.1, -0.05) is 6.92 Å². The molecule has 108 valence electrons. The summed E-state index contributed by atoms with van der Waals surface area (Å²) in [6.45, 7) is 6.23. The lowest BCUT2D eigenvalue weighted by Gasteiger charge is -2.29. The Morgan fingerprint density at radius 2 is 2.21 bits per heavy atom. The lowest BCUT2D eigenvalue weighted by Crippen LogP contribution is -2.38. The summed E-state index contributed by atoms with van der Waals surface area (Å²) in [4.78, 5) is 0. The lowest BCUT2D eigenvalue weighted by atomic mass is 9.89. The molecule has 4 heteroatoms. The van der Waals surface area contributed by atoms with Gasteiger partial charge in [0, 0.05) is 37.9 Å². The van der Waals surface area contributed by atoms with Crippen molar-refractivity contribution in [3.8, 4) is 0 Å². The van der Waals surface area contributed by atoms with Crippen LogP contribution in [0, 0.1) is 5.92 Å². The Kier molecular flexibility index (Phi) is 5.40. The van der Waals surface area contributed by atoms with Crippen LogP contribution in [0.2, 0.25) is 0 Å². The second kappa shape index (κ2) is 7.06. The van der Waals surface area contributed by atoms with E-state index >= 15 is 0 Å². The molecule has 0 saturated carbocycles. The number of rotatable bonds is 6. The van der Waals surface area contributed by atoms with Gasteiger partial charge in [-0.2, -0.15) is 5.10 Å². The van der Waals surface area contributed by atoms with Crippen LogP contribution in [-0.4, -0.2) is 36.1 Å². The van der Waals surface area contributed by atoms with Crippen molar-refractivity contribution in [3.63, 3.8) is 0 Å². The lowest BCUT2D eigenvalue weighted by molar-refractivity contribution is 0.0546. The van der Waals surface area contributed by atoms with E-state index in [9.17, 15) is 0 Å². The van der Waals surface area contributed by atoms with Crippen LogP contribution in [0.15, 0.2) is 12.3 Å². The van der Waals surface area contributed by atoms with Crippen molar-refractivity contribution in [1.29, 1.82) is 0 Å². The fourth-order valence-electron chi connectivity index (χ4n) is 2.77. The highest BCUT2D eigenvalue weighted by molar-refractivity contribution is 5.03. The molecule has 0 spiro atoms. The predicted octanol–water partition coefficient (Wildman–Crippen LogP) is 2.41. The SMILES string of the molecule is CCC(C)n1ccc(CC(NC)C2CCOCC2)n1. The normalized spacial score (nSPS) is 20.4. The second-order valence-corrected chi connectivity index (χ2v) is 5.59. The van der Waals surface area contributed by atoms with Crippen molar-refractivity contribution >= 4 is 0 Å². The van der Waals surface area contributed by atoms with Gasteiger partial charge < -0.3 is 10.1 Å². The fraction of sp³-hybridized carbons (Fsp3) is 0.800. The third-order valence-corrected chi connectivity index (χ3v) is 4.34. The topological polar surface area (TPSA) is 39.1 Å². The first-order valence-corrected chi connectivity index (χ1v) is 7.53. The Bertz CT molecular complexity index is 371.